The van der Waals surface area contributed by atoms with E-state index in [1.807, 2.05) is 11.0 Å². The third kappa shape index (κ3) is 4.49. The van der Waals surface area contributed by atoms with Gasteiger partial charge >= 0.3 is 0 Å². The Morgan fingerprint density at radius 1 is 0.815 bits per heavy atom. The highest BCUT2D eigenvalue weighted by Crippen LogP contribution is 2.30. The average Bonchev–Trinajstić information content (AvgIpc) is 3.21. The molecule has 2 aromatic heterocycles. The van der Waals surface area contributed by atoms with Crippen LogP contribution in [-0.2, 0) is 6.54 Å². The molecule has 4 rings (SSSR count). The molecule has 0 amide bonds. The minimum absolute atomic E-state index is 0.115. The topological polar surface area (TPSA) is 66.2 Å². The molecule has 2 aliphatic heterocycles. The van der Waals surface area contributed by atoms with E-state index in [0.29, 0.717) is 13.1 Å². The fraction of sp³-hybridized carbons (Fsp3) is 0.647. The molecule has 0 aliphatic carbocycles. The zero-order chi connectivity index (χ0) is 18.7. The summed E-state index contributed by atoms with van der Waals surface area (Å²) in [4.78, 5) is 16.9. The van der Waals surface area contributed by atoms with Crippen molar-refractivity contribution in [3.63, 3.8) is 0 Å². The number of nitrogens with zero attached hydrogens (tertiary/aromatic N) is 8. The van der Waals surface area contributed by atoms with Crippen LogP contribution in [0.4, 0.5) is 20.4 Å². The number of piperazine rings is 1. The van der Waals surface area contributed by atoms with Gasteiger partial charge in [0.15, 0.2) is 0 Å². The average molecular weight is 378 g/mol. The van der Waals surface area contributed by atoms with Crippen LogP contribution in [0, 0.1) is 0 Å². The molecule has 10 heteroatoms. The van der Waals surface area contributed by atoms with Crippen LogP contribution in [0.2, 0.25) is 0 Å². The van der Waals surface area contributed by atoms with Crippen LogP contribution >= 0.6 is 0 Å². The van der Waals surface area contributed by atoms with Gasteiger partial charge in [-0.25, -0.2) is 18.7 Å². The molecule has 0 aromatic carbocycles. The van der Waals surface area contributed by atoms with Gasteiger partial charge in [0, 0.05) is 64.7 Å². The van der Waals surface area contributed by atoms with Gasteiger partial charge in [-0.3, -0.25) is 4.90 Å². The van der Waals surface area contributed by atoms with Gasteiger partial charge in [0.2, 0.25) is 0 Å². The maximum Gasteiger partial charge on any atom is 0.251 e. The third-order valence-electron chi connectivity index (χ3n) is 5.24. The molecular weight excluding hydrogens is 354 g/mol. The van der Waals surface area contributed by atoms with Crippen molar-refractivity contribution < 1.29 is 8.78 Å². The van der Waals surface area contributed by atoms with Gasteiger partial charge in [-0.15, -0.1) is 0 Å². The predicted molar refractivity (Wildman–Crippen MR) is 97.1 cm³/mol. The van der Waals surface area contributed by atoms with E-state index in [2.05, 4.69) is 30.0 Å². The van der Waals surface area contributed by atoms with E-state index >= 15 is 0 Å². The molecule has 0 unspecified atom stereocenters. The quantitative estimate of drug-likeness (QED) is 0.773. The monoisotopic (exact) mass is 378 g/mol. The van der Waals surface area contributed by atoms with E-state index in [0.717, 1.165) is 50.9 Å². The lowest BCUT2D eigenvalue weighted by Crippen LogP contribution is -2.47. The van der Waals surface area contributed by atoms with Gasteiger partial charge in [0.25, 0.3) is 5.92 Å². The fourth-order valence-corrected chi connectivity index (χ4v) is 3.54. The first-order valence-corrected chi connectivity index (χ1v) is 9.35. The third-order valence-corrected chi connectivity index (χ3v) is 5.24. The van der Waals surface area contributed by atoms with Crippen molar-refractivity contribution in [2.75, 3.05) is 55.6 Å². The summed E-state index contributed by atoms with van der Waals surface area (Å²) in [6.45, 7) is 6.00. The SMILES string of the molecule is FC1(F)CCN(c2cc(N3CCN(CCn4nccn4)CC3)ncn2)CC1. The van der Waals surface area contributed by atoms with Crippen molar-refractivity contribution in [2.45, 2.75) is 25.3 Å². The molecule has 2 saturated heterocycles. The van der Waals surface area contributed by atoms with E-state index in [1.54, 1.807) is 17.2 Å². The van der Waals surface area contributed by atoms with Crippen molar-refractivity contribution in [3.8, 4) is 0 Å². The van der Waals surface area contributed by atoms with Crippen LogP contribution in [0.15, 0.2) is 24.8 Å². The largest absolute Gasteiger partial charge is 0.356 e. The minimum atomic E-state index is -2.55. The van der Waals surface area contributed by atoms with Gasteiger partial charge < -0.3 is 9.80 Å². The number of piperidine rings is 1. The van der Waals surface area contributed by atoms with Crippen molar-refractivity contribution in [3.05, 3.63) is 24.8 Å². The summed E-state index contributed by atoms with van der Waals surface area (Å²) in [5, 5.41) is 8.25. The Labute approximate surface area is 156 Å². The summed E-state index contributed by atoms with van der Waals surface area (Å²) in [6, 6.07) is 1.92. The molecule has 0 N–H and O–H groups in total. The second-order valence-corrected chi connectivity index (χ2v) is 7.03. The number of alkyl halides is 2. The maximum absolute atomic E-state index is 13.4. The lowest BCUT2D eigenvalue weighted by Gasteiger charge is -2.36. The van der Waals surface area contributed by atoms with Gasteiger partial charge in [0.05, 0.1) is 18.9 Å². The number of rotatable bonds is 5. The molecule has 0 bridgehead atoms. The van der Waals surface area contributed by atoms with Crippen LogP contribution in [0.1, 0.15) is 12.8 Å². The van der Waals surface area contributed by atoms with E-state index in [-0.39, 0.29) is 12.8 Å². The van der Waals surface area contributed by atoms with E-state index in [1.165, 1.54) is 6.33 Å². The van der Waals surface area contributed by atoms with Crippen LogP contribution in [0.25, 0.3) is 0 Å². The Morgan fingerprint density at radius 2 is 1.41 bits per heavy atom. The Balaban J connectivity index is 1.31. The molecular formula is C17H24F2N8. The lowest BCUT2D eigenvalue weighted by molar-refractivity contribution is -0.0221. The number of hydrogen-bond acceptors (Lipinski definition) is 7. The normalized spacial score (nSPS) is 20.8. The zero-order valence-corrected chi connectivity index (χ0v) is 15.2. The van der Waals surface area contributed by atoms with Crippen molar-refractivity contribution in [1.29, 1.82) is 0 Å². The number of aromatic nitrogens is 5. The molecule has 0 atom stereocenters. The Hall–Kier alpha value is -2.36. The Morgan fingerprint density at radius 3 is 2.04 bits per heavy atom. The second kappa shape index (κ2) is 7.71. The van der Waals surface area contributed by atoms with Gasteiger partial charge in [0.1, 0.15) is 18.0 Å². The summed E-state index contributed by atoms with van der Waals surface area (Å²) < 4.78 is 26.7. The van der Waals surface area contributed by atoms with E-state index < -0.39 is 5.92 Å². The molecule has 27 heavy (non-hydrogen) atoms. The highest BCUT2D eigenvalue weighted by atomic mass is 19.3. The molecule has 8 nitrogen and oxygen atoms in total. The smallest absolute Gasteiger partial charge is 0.251 e. The molecule has 4 heterocycles. The minimum Gasteiger partial charge on any atom is -0.356 e. The second-order valence-electron chi connectivity index (χ2n) is 7.03. The van der Waals surface area contributed by atoms with E-state index in [9.17, 15) is 8.78 Å². The first-order chi connectivity index (χ1) is 13.1. The standard InChI is InChI=1S/C17H24F2N8/c18-17(19)1-5-25(6-2-17)15-13-16(21-14-20-15)26-10-7-24(8-11-26)9-12-27-22-3-4-23-27/h3-4,13-14H,1-2,5-12H2. The highest BCUT2D eigenvalue weighted by molar-refractivity contribution is 5.50. The van der Waals surface area contributed by atoms with Crippen molar-refractivity contribution in [2.24, 2.45) is 0 Å². The van der Waals surface area contributed by atoms with E-state index in [4.69, 9.17) is 0 Å². The number of anilines is 2. The maximum atomic E-state index is 13.4. The van der Waals surface area contributed by atoms with Gasteiger partial charge in [-0.05, 0) is 0 Å². The number of halogens is 2. The summed E-state index contributed by atoms with van der Waals surface area (Å²) in [5.41, 5.74) is 0. The summed E-state index contributed by atoms with van der Waals surface area (Å²) >= 11 is 0. The Bertz CT molecular complexity index is 720. The van der Waals surface area contributed by atoms with Crippen molar-refractivity contribution >= 4 is 11.6 Å². The molecule has 0 saturated carbocycles. The van der Waals surface area contributed by atoms with Gasteiger partial charge in [-0.1, -0.05) is 0 Å². The van der Waals surface area contributed by atoms with Crippen LogP contribution in [-0.4, -0.2) is 81.6 Å². The van der Waals surface area contributed by atoms with Crippen molar-refractivity contribution in [1.82, 2.24) is 29.9 Å². The first kappa shape index (κ1) is 18.0. The summed E-state index contributed by atoms with van der Waals surface area (Å²) in [6.07, 6.45) is 4.68. The summed E-state index contributed by atoms with van der Waals surface area (Å²) in [5.74, 6) is -0.942. The predicted octanol–water partition coefficient (Wildman–Crippen LogP) is 1.13. The lowest BCUT2D eigenvalue weighted by atomic mass is 10.1. The van der Waals surface area contributed by atoms with Crippen LogP contribution < -0.4 is 9.80 Å². The van der Waals surface area contributed by atoms with Crippen LogP contribution in [0.5, 0.6) is 0 Å². The first-order valence-electron chi connectivity index (χ1n) is 9.35. The Kier molecular flexibility index (Phi) is 5.15. The summed E-state index contributed by atoms with van der Waals surface area (Å²) in [7, 11) is 0. The number of hydrogen-bond donors (Lipinski definition) is 0. The molecule has 0 spiro atoms. The highest BCUT2D eigenvalue weighted by Gasteiger charge is 2.34. The van der Waals surface area contributed by atoms with Gasteiger partial charge in [-0.2, -0.15) is 15.0 Å². The molecule has 2 fully saturated rings. The fourth-order valence-electron chi connectivity index (χ4n) is 3.54. The van der Waals surface area contributed by atoms with Crippen LogP contribution in [0.3, 0.4) is 0 Å². The molecule has 2 aromatic rings. The molecule has 2 aliphatic rings. The zero-order valence-electron chi connectivity index (χ0n) is 15.2. The molecule has 0 radical (unpaired) electrons. The molecule has 146 valence electrons.